The van der Waals surface area contributed by atoms with E-state index in [9.17, 15) is 17.6 Å². The number of rotatable bonds is 5. The maximum atomic E-state index is 13.7. The van der Waals surface area contributed by atoms with Crippen LogP contribution in [0, 0.1) is 5.82 Å². The molecule has 4 N–H and O–H groups in total. The van der Waals surface area contributed by atoms with Gasteiger partial charge >= 0.3 is 6.18 Å². The number of hydrogen-bond acceptors (Lipinski definition) is 2. The molecular weight excluding hydrogens is 319 g/mol. The maximum absolute atomic E-state index is 13.7. The van der Waals surface area contributed by atoms with Gasteiger partial charge in [-0.1, -0.05) is 18.0 Å². The van der Waals surface area contributed by atoms with E-state index in [0.717, 1.165) is 0 Å². The second kappa shape index (κ2) is 8.02. The molecule has 0 saturated heterocycles. The molecule has 0 aromatic heterocycles. The van der Waals surface area contributed by atoms with Gasteiger partial charge in [0.05, 0.1) is 10.6 Å². The van der Waals surface area contributed by atoms with Crippen LogP contribution >= 0.6 is 24.0 Å². The van der Waals surface area contributed by atoms with Crippen LogP contribution in [-0.4, -0.2) is 6.54 Å². The SMILES string of the molecule is Cl.NCCCC[C@H](N)c1cc(C(F)(F)F)cc(Cl)c1F. The van der Waals surface area contributed by atoms with Crippen LogP contribution in [0.5, 0.6) is 0 Å². The Morgan fingerprint density at radius 3 is 2.30 bits per heavy atom. The molecule has 0 aliphatic rings. The quantitative estimate of drug-likeness (QED) is 0.630. The zero-order valence-corrected chi connectivity index (χ0v) is 12.1. The first-order chi connectivity index (χ1) is 8.77. The van der Waals surface area contributed by atoms with Gasteiger partial charge in [-0.25, -0.2) is 4.39 Å². The molecule has 116 valence electrons. The first-order valence-corrected chi connectivity index (χ1v) is 6.17. The van der Waals surface area contributed by atoms with Crippen LogP contribution in [0.15, 0.2) is 12.1 Å². The first kappa shape index (κ1) is 19.4. The maximum Gasteiger partial charge on any atom is 0.416 e. The van der Waals surface area contributed by atoms with Crippen LogP contribution in [0.1, 0.15) is 36.4 Å². The minimum Gasteiger partial charge on any atom is -0.330 e. The minimum absolute atomic E-state index is 0. The zero-order valence-electron chi connectivity index (χ0n) is 10.5. The van der Waals surface area contributed by atoms with Crippen molar-refractivity contribution in [2.45, 2.75) is 31.5 Å². The molecule has 0 aliphatic heterocycles. The Morgan fingerprint density at radius 2 is 1.80 bits per heavy atom. The van der Waals surface area contributed by atoms with Gasteiger partial charge in [0.2, 0.25) is 0 Å². The summed E-state index contributed by atoms with van der Waals surface area (Å²) in [6, 6.07) is 0.452. The molecular formula is C12H16Cl2F4N2. The molecule has 0 radical (unpaired) electrons. The third kappa shape index (κ3) is 5.09. The average molecular weight is 335 g/mol. The lowest BCUT2D eigenvalue weighted by molar-refractivity contribution is -0.137. The highest BCUT2D eigenvalue weighted by atomic mass is 35.5. The molecule has 2 nitrogen and oxygen atoms in total. The molecule has 0 fully saturated rings. The summed E-state index contributed by atoms with van der Waals surface area (Å²) in [5, 5.41) is -0.570. The molecule has 0 aliphatic carbocycles. The van der Waals surface area contributed by atoms with E-state index in [1.165, 1.54) is 0 Å². The summed E-state index contributed by atoms with van der Waals surface area (Å²) < 4.78 is 51.6. The van der Waals surface area contributed by atoms with Crippen molar-refractivity contribution in [3.63, 3.8) is 0 Å². The van der Waals surface area contributed by atoms with Crippen LogP contribution in [-0.2, 0) is 6.18 Å². The fourth-order valence-electron chi connectivity index (χ4n) is 1.71. The lowest BCUT2D eigenvalue weighted by Crippen LogP contribution is -2.15. The first-order valence-electron chi connectivity index (χ1n) is 5.79. The van der Waals surface area contributed by atoms with Gasteiger partial charge in [-0.15, -0.1) is 12.4 Å². The fourth-order valence-corrected chi connectivity index (χ4v) is 1.93. The fraction of sp³-hybridized carbons (Fsp3) is 0.500. The molecule has 1 rings (SSSR count). The normalized spacial score (nSPS) is 12.9. The van der Waals surface area contributed by atoms with Crippen molar-refractivity contribution in [1.82, 2.24) is 0 Å². The molecule has 0 amide bonds. The van der Waals surface area contributed by atoms with Crippen LogP contribution in [0.2, 0.25) is 5.02 Å². The molecule has 1 aromatic carbocycles. The summed E-state index contributed by atoms with van der Waals surface area (Å²) in [4.78, 5) is 0. The van der Waals surface area contributed by atoms with Crippen LogP contribution in [0.3, 0.4) is 0 Å². The smallest absolute Gasteiger partial charge is 0.330 e. The van der Waals surface area contributed by atoms with E-state index in [0.29, 0.717) is 37.9 Å². The van der Waals surface area contributed by atoms with Crippen molar-refractivity contribution in [2.24, 2.45) is 11.5 Å². The minimum atomic E-state index is -4.58. The van der Waals surface area contributed by atoms with Gasteiger partial charge in [-0.3, -0.25) is 0 Å². The Bertz CT molecular complexity index is 438. The number of unbranched alkanes of at least 4 members (excludes halogenated alkanes) is 1. The Labute approximate surface area is 125 Å². The standard InChI is InChI=1S/C12H15ClF4N2.ClH/c13-9-6-7(12(15,16)17)5-8(11(9)14)10(19)3-1-2-4-18;/h5-6,10H,1-4,18-19H2;1H/t10-;/m0./s1. The second-order valence-corrected chi connectivity index (χ2v) is 4.66. The highest BCUT2D eigenvalue weighted by Gasteiger charge is 2.32. The monoisotopic (exact) mass is 334 g/mol. The summed E-state index contributed by atoms with van der Waals surface area (Å²) in [6.45, 7) is 0.457. The van der Waals surface area contributed by atoms with E-state index in [2.05, 4.69) is 0 Å². The van der Waals surface area contributed by atoms with Crippen LogP contribution in [0.4, 0.5) is 17.6 Å². The second-order valence-electron chi connectivity index (χ2n) is 4.25. The highest BCUT2D eigenvalue weighted by molar-refractivity contribution is 6.30. The lowest BCUT2D eigenvalue weighted by Gasteiger charge is -2.16. The van der Waals surface area contributed by atoms with Crippen LogP contribution in [0.25, 0.3) is 0 Å². The van der Waals surface area contributed by atoms with Gasteiger partial charge in [0, 0.05) is 11.6 Å². The van der Waals surface area contributed by atoms with Crippen molar-refractivity contribution < 1.29 is 17.6 Å². The van der Waals surface area contributed by atoms with E-state index < -0.39 is 28.6 Å². The van der Waals surface area contributed by atoms with Gasteiger partial charge in [-0.05, 0) is 31.5 Å². The Kier molecular flexibility index (Phi) is 7.80. The van der Waals surface area contributed by atoms with Crippen LogP contribution < -0.4 is 11.5 Å². The molecule has 0 bridgehead atoms. The predicted octanol–water partition coefficient (Wildman–Crippen LogP) is 4.05. The summed E-state index contributed by atoms with van der Waals surface area (Å²) in [5.41, 5.74) is 9.81. The summed E-state index contributed by atoms with van der Waals surface area (Å²) in [6.07, 6.45) is -2.93. The van der Waals surface area contributed by atoms with E-state index in [-0.39, 0.29) is 18.0 Å². The Morgan fingerprint density at radius 1 is 1.20 bits per heavy atom. The number of halogens is 6. The molecule has 20 heavy (non-hydrogen) atoms. The largest absolute Gasteiger partial charge is 0.416 e. The Hall–Kier alpha value is -0.560. The topological polar surface area (TPSA) is 52.0 Å². The van der Waals surface area contributed by atoms with E-state index in [1.807, 2.05) is 0 Å². The number of nitrogens with two attached hydrogens (primary N) is 2. The number of alkyl halides is 3. The van der Waals surface area contributed by atoms with E-state index >= 15 is 0 Å². The third-order valence-electron chi connectivity index (χ3n) is 2.75. The molecule has 0 unspecified atom stereocenters. The van der Waals surface area contributed by atoms with Gasteiger partial charge in [0.1, 0.15) is 5.82 Å². The number of benzene rings is 1. The molecule has 0 saturated carbocycles. The predicted molar refractivity (Wildman–Crippen MR) is 73.5 cm³/mol. The lowest BCUT2D eigenvalue weighted by atomic mass is 9.99. The third-order valence-corrected chi connectivity index (χ3v) is 3.03. The zero-order chi connectivity index (χ0) is 14.6. The molecule has 1 aromatic rings. The summed E-state index contributed by atoms with van der Waals surface area (Å²) in [7, 11) is 0. The molecule has 8 heteroatoms. The van der Waals surface area contributed by atoms with Gasteiger partial charge in [0.15, 0.2) is 0 Å². The summed E-state index contributed by atoms with van der Waals surface area (Å²) >= 11 is 5.48. The van der Waals surface area contributed by atoms with Gasteiger partial charge in [0.25, 0.3) is 0 Å². The highest BCUT2D eigenvalue weighted by Crippen LogP contribution is 2.35. The summed E-state index contributed by atoms with van der Waals surface area (Å²) in [5.74, 6) is -0.894. The number of hydrogen-bond donors (Lipinski definition) is 2. The van der Waals surface area contributed by atoms with Crippen molar-refractivity contribution >= 4 is 24.0 Å². The Balaban J connectivity index is 0.00000361. The van der Waals surface area contributed by atoms with Crippen molar-refractivity contribution in [3.8, 4) is 0 Å². The van der Waals surface area contributed by atoms with Crippen molar-refractivity contribution in [2.75, 3.05) is 6.54 Å². The molecule has 0 heterocycles. The van der Waals surface area contributed by atoms with E-state index in [1.54, 1.807) is 0 Å². The molecule has 1 atom stereocenters. The van der Waals surface area contributed by atoms with Crippen molar-refractivity contribution in [1.29, 1.82) is 0 Å². The van der Waals surface area contributed by atoms with E-state index in [4.69, 9.17) is 23.1 Å². The molecule has 0 spiro atoms. The van der Waals surface area contributed by atoms with Crippen molar-refractivity contribution in [3.05, 3.63) is 34.1 Å². The van der Waals surface area contributed by atoms with Gasteiger partial charge < -0.3 is 11.5 Å². The average Bonchev–Trinajstić information content (AvgIpc) is 2.31. The van der Waals surface area contributed by atoms with Gasteiger partial charge in [-0.2, -0.15) is 13.2 Å².